The number of ketones is 1. The lowest BCUT2D eigenvalue weighted by Gasteiger charge is -2.27. The van der Waals surface area contributed by atoms with Gasteiger partial charge in [-0.1, -0.05) is 32.8 Å². The molecule has 1 unspecified atom stereocenters. The Morgan fingerprint density at radius 2 is 1.80 bits per heavy atom. The van der Waals surface area contributed by atoms with Crippen LogP contribution in [0.1, 0.15) is 57.6 Å². The van der Waals surface area contributed by atoms with Crippen LogP contribution in [0.25, 0.3) is 0 Å². The molecule has 1 aliphatic rings. The molecule has 166 valence electrons. The van der Waals surface area contributed by atoms with Gasteiger partial charge < -0.3 is 25.2 Å². The highest BCUT2D eigenvalue weighted by atomic mass is 16.5. The number of rotatable bonds is 12. The average Bonchev–Trinajstić information content (AvgIpc) is 2.97. The lowest BCUT2D eigenvalue weighted by atomic mass is 9.92. The van der Waals surface area contributed by atoms with Crippen LogP contribution in [0.2, 0.25) is 0 Å². The van der Waals surface area contributed by atoms with E-state index in [0.29, 0.717) is 30.2 Å². The van der Waals surface area contributed by atoms with Crippen LogP contribution >= 0.6 is 0 Å². The van der Waals surface area contributed by atoms with Gasteiger partial charge in [-0.2, -0.15) is 0 Å². The number of methoxy groups -OCH3 is 2. The number of unbranched alkanes of at least 4 members (excludes halogenated alkanes) is 3. The van der Waals surface area contributed by atoms with Crippen LogP contribution in [0.15, 0.2) is 29.5 Å². The van der Waals surface area contributed by atoms with Gasteiger partial charge in [0.05, 0.1) is 25.8 Å². The number of aliphatic hydroxyl groups excluding tert-OH is 1. The van der Waals surface area contributed by atoms with Crippen molar-refractivity contribution < 1.29 is 24.2 Å². The number of carbonyl (C=O) groups is 2. The predicted molar refractivity (Wildman–Crippen MR) is 116 cm³/mol. The van der Waals surface area contributed by atoms with Crippen LogP contribution in [0, 0.1) is 5.92 Å². The Bertz CT molecular complexity index is 788. The van der Waals surface area contributed by atoms with Crippen molar-refractivity contribution in [3.05, 3.63) is 35.1 Å². The smallest absolute Gasteiger partial charge is 0.290 e. The highest BCUT2D eigenvalue weighted by Crippen LogP contribution is 2.41. The molecule has 1 aliphatic heterocycles. The first-order chi connectivity index (χ1) is 14.3. The van der Waals surface area contributed by atoms with Gasteiger partial charge in [0.1, 0.15) is 0 Å². The van der Waals surface area contributed by atoms with E-state index in [1.54, 1.807) is 24.1 Å². The number of hydrogen-bond acceptors (Lipinski definition) is 6. The SMILES string of the molecule is COc1ccc(C2C(C(=O)CC(C)C)=C(O)C(=O)N2CCCCCCN)cc1OC. The number of carbonyl (C=O) groups excluding carboxylic acids is 2. The fourth-order valence-electron chi connectivity index (χ4n) is 3.80. The maximum absolute atomic E-state index is 13.0. The molecule has 1 heterocycles. The molecule has 0 saturated carbocycles. The second kappa shape index (κ2) is 11.0. The van der Waals surface area contributed by atoms with Crippen LogP contribution < -0.4 is 15.2 Å². The third kappa shape index (κ3) is 5.33. The quantitative estimate of drug-likeness (QED) is 0.504. The molecule has 30 heavy (non-hydrogen) atoms. The van der Waals surface area contributed by atoms with Crippen LogP contribution in [0.5, 0.6) is 11.5 Å². The molecule has 1 amide bonds. The number of hydrogen-bond donors (Lipinski definition) is 2. The molecule has 1 aromatic carbocycles. The number of ether oxygens (including phenoxy) is 2. The number of aliphatic hydroxyl groups is 1. The lowest BCUT2D eigenvalue weighted by Crippen LogP contribution is -2.32. The van der Waals surface area contributed by atoms with Crippen molar-refractivity contribution >= 4 is 11.7 Å². The van der Waals surface area contributed by atoms with E-state index in [1.165, 1.54) is 7.11 Å². The average molecular weight is 419 g/mol. The topological polar surface area (TPSA) is 102 Å². The van der Waals surface area contributed by atoms with Crippen molar-refractivity contribution in [1.82, 2.24) is 4.90 Å². The van der Waals surface area contributed by atoms with E-state index >= 15 is 0 Å². The molecule has 7 nitrogen and oxygen atoms in total. The van der Waals surface area contributed by atoms with Crippen LogP contribution in [-0.2, 0) is 9.59 Å². The van der Waals surface area contributed by atoms with Crippen molar-refractivity contribution in [3.63, 3.8) is 0 Å². The minimum Gasteiger partial charge on any atom is -0.503 e. The third-order valence-electron chi connectivity index (χ3n) is 5.27. The molecule has 0 spiro atoms. The number of nitrogens with zero attached hydrogens (tertiary/aromatic N) is 1. The third-order valence-corrected chi connectivity index (χ3v) is 5.27. The van der Waals surface area contributed by atoms with Gasteiger partial charge in [-0.3, -0.25) is 9.59 Å². The first kappa shape index (κ1) is 23.7. The Hall–Kier alpha value is -2.54. The van der Waals surface area contributed by atoms with Crippen molar-refractivity contribution in [2.24, 2.45) is 11.7 Å². The molecule has 0 aliphatic carbocycles. The molecule has 1 atom stereocenters. The Balaban J connectivity index is 2.40. The largest absolute Gasteiger partial charge is 0.503 e. The fraction of sp³-hybridized carbons (Fsp3) is 0.565. The molecule has 7 heteroatoms. The highest BCUT2D eigenvalue weighted by molar-refractivity contribution is 6.09. The van der Waals surface area contributed by atoms with E-state index in [2.05, 4.69) is 0 Å². The number of benzene rings is 1. The van der Waals surface area contributed by atoms with Crippen molar-refractivity contribution in [3.8, 4) is 11.5 Å². The van der Waals surface area contributed by atoms with Crippen molar-refractivity contribution in [2.45, 2.75) is 52.0 Å². The zero-order valence-corrected chi connectivity index (χ0v) is 18.4. The summed E-state index contributed by atoms with van der Waals surface area (Å²) in [4.78, 5) is 27.4. The van der Waals surface area contributed by atoms with Crippen molar-refractivity contribution in [1.29, 1.82) is 0 Å². The summed E-state index contributed by atoms with van der Waals surface area (Å²) in [6.07, 6.45) is 3.89. The van der Waals surface area contributed by atoms with E-state index in [9.17, 15) is 14.7 Å². The van der Waals surface area contributed by atoms with Gasteiger partial charge in [-0.15, -0.1) is 0 Å². The summed E-state index contributed by atoms with van der Waals surface area (Å²) in [5, 5.41) is 10.6. The summed E-state index contributed by atoms with van der Waals surface area (Å²) in [6.45, 7) is 4.97. The summed E-state index contributed by atoms with van der Waals surface area (Å²) >= 11 is 0. The lowest BCUT2D eigenvalue weighted by molar-refractivity contribution is -0.129. The summed E-state index contributed by atoms with van der Waals surface area (Å²) in [7, 11) is 3.09. The first-order valence-electron chi connectivity index (χ1n) is 10.5. The summed E-state index contributed by atoms with van der Waals surface area (Å²) < 4.78 is 10.7. The Labute approximate surface area is 178 Å². The van der Waals surface area contributed by atoms with E-state index in [4.69, 9.17) is 15.2 Å². The summed E-state index contributed by atoms with van der Waals surface area (Å²) in [5.41, 5.74) is 6.43. The zero-order chi connectivity index (χ0) is 22.3. The van der Waals surface area contributed by atoms with E-state index < -0.39 is 17.7 Å². The number of nitrogens with two attached hydrogens (primary N) is 1. The molecule has 0 saturated heterocycles. The van der Waals surface area contributed by atoms with Gasteiger partial charge in [-0.05, 0) is 43.0 Å². The zero-order valence-electron chi connectivity index (χ0n) is 18.4. The van der Waals surface area contributed by atoms with Crippen LogP contribution in [-0.4, -0.2) is 49.0 Å². The molecule has 2 rings (SSSR count). The van der Waals surface area contributed by atoms with Crippen LogP contribution in [0.3, 0.4) is 0 Å². The second-order valence-electron chi connectivity index (χ2n) is 8.00. The minimum atomic E-state index is -0.641. The maximum Gasteiger partial charge on any atom is 0.290 e. The van der Waals surface area contributed by atoms with Gasteiger partial charge in [0.25, 0.3) is 5.91 Å². The predicted octanol–water partition coefficient (Wildman–Crippen LogP) is 3.53. The van der Waals surface area contributed by atoms with E-state index in [0.717, 1.165) is 25.7 Å². The van der Waals surface area contributed by atoms with Crippen molar-refractivity contribution in [2.75, 3.05) is 27.3 Å². The fourth-order valence-corrected chi connectivity index (χ4v) is 3.80. The highest BCUT2D eigenvalue weighted by Gasteiger charge is 2.43. The molecule has 0 radical (unpaired) electrons. The minimum absolute atomic E-state index is 0.115. The summed E-state index contributed by atoms with van der Waals surface area (Å²) in [6, 6.07) is 4.68. The second-order valence-corrected chi connectivity index (χ2v) is 8.00. The van der Waals surface area contributed by atoms with Gasteiger partial charge in [-0.25, -0.2) is 0 Å². The van der Waals surface area contributed by atoms with Gasteiger partial charge >= 0.3 is 0 Å². The normalized spacial score (nSPS) is 16.5. The first-order valence-corrected chi connectivity index (χ1v) is 10.5. The van der Waals surface area contributed by atoms with Gasteiger partial charge in [0.15, 0.2) is 23.0 Å². The molecule has 0 aromatic heterocycles. The molecular formula is C23H34N2O5. The van der Waals surface area contributed by atoms with E-state index in [-0.39, 0.29) is 23.7 Å². The van der Waals surface area contributed by atoms with Gasteiger partial charge in [0.2, 0.25) is 0 Å². The molecule has 0 bridgehead atoms. The number of Topliss-reactive ketones (excluding diaryl/α,β-unsaturated/α-hetero) is 1. The standard InChI is InChI=1S/C23H34N2O5/c1-15(2)13-17(26)20-21(16-9-10-18(29-3)19(14-16)30-4)25(23(28)22(20)27)12-8-6-5-7-11-24/h9-10,14-15,21,27H,5-8,11-13,24H2,1-4H3. The monoisotopic (exact) mass is 418 g/mol. The maximum atomic E-state index is 13.0. The van der Waals surface area contributed by atoms with Gasteiger partial charge in [0, 0.05) is 13.0 Å². The molecule has 3 N–H and O–H groups in total. The Morgan fingerprint density at radius 3 is 2.40 bits per heavy atom. The van der Waals surface area contributed by atoms with Crippen LogP contribution in [0.4, 0.5) is 0 Å². The van der Waals surface area contributed by atoms with E-state index in [1.807, 2.05) is 19.9 Å². The Morgan fingerprint density at radius 1 is 1.13 bits per heavy atom. The molecule has 0 fully saturated rings. The molecule has 1 aromatic rings. The molecular weight excluding hydrogens is 384 g/mol. The summed E-state index contributed by atoms with van der Waals surface area (Å²) in [5.74, 6) is 0.0307. The number of amides is 1. The Kier molecular flexibility index (Phi) is 8.72.